The Hall–Kier alpha value is -1.40. The number of benzene rings is 1. The third kappa shape index (κ3) is 4.00. The van der Waals surface area contributed by atoms with E-state index in [0.717, 1.165) is 23.3 Å². The van der Waals surface area contributed by atoms with Crippen molar-refractivity contribution in [1.82, 2.24) is 0 Å². The van der Waals surface area contributed by atoms with E-state index in [4.69, 9.17) is 0 Å². The van der Waals surface area contributed by atoms with Crippen molar-refractivity contribution in [3.63, 3.8) is 0 Å². The first-order valence-electron chi connectivity index (χ1n) is 5.02. The van der Waals surface area contributed by atoms with Crippen LogP contribution in [0.15, 0.2) is 24.3 Å². The minimum absolute atomic E-state index is 0.247. The van der Waals surface area contributed by atoms with Gasteiger partial charge in [0.05, 0.1) is 13.5 Å². The largest absolute Gasteiger partial charge is 0.469 e. The number of carbonyl (C=O) groups is 1. The van der Waals surface area contributed by atoms with E-state index in [2.05, 4.69) is 29.2 Å². The van der Waals surface area contributed by atoms with Gasteiger partial charge in [-0.3, -0.25) is 4.79 Å². The summed E-state index contributed by atoms with van der Waals surface area (Å²) in [4.78, 5) is 11.2. The normalized spacial score (nSPS) is 9.12. The quantitative estimate of drug-likeness (QED) is 0.492. The zero-order chi connectivity index (χ0) is 11.8. The number of carbonyl (C=O) groups excluding carboxylic acids is 1. The molecule has 0 aliphatic carbocycles. The molecule has 1 aromatic carbocycles. The van der Waals surface area contributed by atoms with Gasteiger partial charge in [-0.25, -0.2) is 0 Å². The summed E-state index contributed by atoms with van der Waals surface area (Å²) in [6.07, 6.45) is 1.01. The van der Waals surface area contributed by atoms with Gasteiger partial charge in [0.15, 0.2) is 0 Å². The number of thiol groups is 1. The number of hydrogen-bond acceptors (Lipinski definition) is 3. The molecule has 0 saturated heterocycles. The van der Waals surface area contributed by atoms with Crippen molar-refractivity contribution >= 4 is 18.6 Å². The van der Waals surface area contributed by atoms with Gasteiger partial charge in [0.1, 0.15) is 0 Å². The van der Waals surface area contributed by atoms with Gasteiger partial charge in [0, 0.05) is 17.7 Å². The maximum Gasteiger partial charge on any atom is 0.310 e. The first-order valence-corrected chi connectivity index (χ1v) is 5.65. The summed E-state index contributed by atoms with van der Waals surface area (Å²) in [5.41, 5.74) is 1.79. The first-order chi connectivity index (χ1) is 7.77. The monoisotopic (exact) mass is 234 g/mol. The topological polar surface area (TPSA) is 26.3 Å². The molecule has 0 N–H and O–H groups in total. The molecule has 0 aromatic heterocycles. The van der Waals surface area contributed by atoms with Crippen molar-refractivity contribution in [2.45, 2.75) is 12.8 Å². The van der Waals surface area contributed by atoms with E-state index in [0.29, 0.717) is 0 Å². The van der Waals surface area contributed by atoms with Gasteiger partial charge in [0.2, 0.25) is 0 Å². The van der Waals surface area contributed by atoms with Gasteiger partial charge >= 0.3 is 5.97 Å². The maximum atomic E-state index is 11.2. The zero-order valence-electron chi connectivity index (χ0n) is 9.19. The molecule has 0 spiro atoms. The lowest BCUT2D eigenvalue weighted by molar-refractivity contribution is -0.139. The second-order valence-electron chi connectivity index (χ2n) is 3.19. The molecule has 2 nitrogen and oxygen atoms in total. The molecule has 0 saturated carbocycles. The molecule has 0 fully saturated rings. The summed E-state index contributed by atoms with van der Waals surface area (Å²) in [6.45, 7) is 0. The Labute approximate surface area is 101 Å². The van der Waals surface area contributed by atoms with Crippen LogP contribution in [0.2, 0.25) is 0 Å². The molecule has 0 aliphatic rings. The minimum Gasteiger partial charge on any atom is -0.469 e. The van der Waals surface area contributed by atoms with Crippen LogP contribution in [0.1, 0.15) is 17.5 Å². The highest BCUT2D eigenvalue weighted by atomic mass is 32.1. The Bertz CT molecular complexity index is 415. The minimum atomic E-state index is -0.247. The van der Waals surface area contributed by atoms with E-state index in [9.17, 15) is 4.79 Å². The first kappa shape index (κ1) is 12.7. The van der Waals surface area contributed by atoms with E-state index < -0.39 is 0 Å². The molecule has 1 rings (SSSR count). The highest BCUT2D eigenvalue weighted by Crippen LogP contribution is 2.08. The number of rotatable bonds is 3. The Morgan fingerprint density at radius 2 is 2.19 bits per heavy atom. The third-order valence-electron chi connectivity index (χ3n) is 2.04. The molecule has 0 unspecified atom stereocenters. The summed E-state index contributed by atoms with van der Waals surface area (Å²) in [7, 11) is 1.39. The molecule has 0 heterocycles. The lowest BCUT2D eigenvalue weighted by Crippen LogP contribution is -2.05. The molecule has 0 aliphatic heterocycles. The zero-order valence-corrected chi connectivity index (χ0v) is 10.1. The van der Waals surface area contributed by atoms with Crippen molar-refractivity contribution in [2.24, 2.45) is 0 Å². The summed E-state index contributed by atoms with van der Waals surface area (Å²) < 4.78 is 4.64. The van der Waals surface area contributed by atoms with Crippen LogP contribution in [0.5, 0.6) is 0 Å². The van der Waals surface area contributed by atoms with Crippen molar-refractivity contribution in [2.75, 3.05) is 12.9 Å². The highest BCUT2D eigenvalue weighted by Gasteiger charge is 2.05. The summed E-state index contributed by atoms with van der Waals surface area (Å²) in [5, 5.41) is 0. The molecule has 0 atom stereocenters. The SMILES string of the molecule is COC(=O)Cc1ccccc1C#CCCS. The Morgan fingerprint density at radius 3 is 2.88 bits per heavy atom. The Balaban J connectivity index is 2.84. The molecule has 0 radical (unpaired) electrons. The number of esters is 1. The van der Waals surface area contributed by atoms with E-state index in [1.54, 1.807) is 0 Å². The fourth-order valence-electron chi connectivity index (χ4n) is 1.24. The predicted octanol–water partition coefficient (Wildman–Crippen LogP) is 2.07. The Morgan fingerprint density at radius 1 is 1.44 bits per heavy atom. The maximum absolute atomic E-state index is 11.2. The molecule has 84 valence electrons. The average Bonchev–Trinajstić information content (AvgIpc) is 2.31. The predicted molar refractivity (Wildman–Crippen MR) is 67.5 cm³/mol. The smallest absolute Gasteiger partial charge is 0.310 e. The van der Waals surface area contributed by atoms with Crippen molar-refractivity contribution < 1.29 is 9.53 Å². The van der Waals surface area contributed by atoms with Gasteiger partial charge in [-0.15, -0.1) is 0 Å². The lowest BCUT2D eigenvalue weighted by atomic mass is 10.1. The number of methoxy groups -OCH3 is 1. The molecule has 16 heavy (non-hydrogen) atoms. The van der Waals surface area contributed by atoms with E-state index in [1.807, 2.05) is 24.3 Å². The highest BCUT2D eigenvalue weighted by molar-refractivity contribution is 7.80. The van der Waals surface area contributed by atoms with E-state index in [-0.39, 0.29) is 12.4 Å². The van der Waals surface area contributed by atoms with Crippen molar-refractivity contribution in [3.8, 4) is 11.8 Å². The van der Waals surface area contributed by atoms with E-state index in [1.165, 1.54) is 7.11 Å². The average molecular weight is 234 g/mol. The fraction of sp³-hybridized carbons (Fsp3) is 0.308. The van der Waals surface area contributed by atoms with Gasteiger partial charge in [-0.1, -0.05) is 30.0 Å². The summed E-state index contributed by atoms with van der Waals surface area (Å²) in [6, 6.07) is 7.60. The molecule has 1 aromatic rings. The summed E-state index contributed by atoms with van der Waals surface area (Å²) in [5.74, 6) is 6.54. The van der Waals surface area contributed by atoms with Crippen LogP contribution >= 0.6 is 12.6 Å². The third-order valence-corrected chi connectivity index (χ3v) is 2.26. The van der Waals surface area contributed by atoms with Crippen molar-refractivity contribution in [3.05, 3.63) is 35.4 Å². The van der Waals surface area contributed by atoms with Crippen LogP contribution in [0.4, 0.5) is 0 Å². The van der Waals surface area contributed by atoms with Gasteiger partial charge in [-0.05, 0) is 11.6 Å². The number of ether oxygens (including phenoxy) is 1. The lowest BCUT2D eigenvalue weighted by Gasteiger charge is -2.02. The van der Waals surface area contributed by atoms with Gasteiger partial charge in [-0.2, -0.15) is 12.6 Å². The van der Waals surface area contributed by atoms with Gasteiger partial charge < -0.3 is 4.74 Å². The van der Waals surface area contributed by atoms with Gasteiger partial charge in [0.25, 0.3) is 0 Å². The van der Waals surface area contributed by atoms with Crippen LogP contribution in [-0.4, -0.2) is 18.8 Å². The molecular weight excluding hydrogens is 220 g/mol. The van der Waals surface area contributed by atoms with Crippen molar-refractivity contribution in [1.29, 1.82) is 0 Å². The van der Waals surface area contributed by atoms with Crippen LogP contribution in [0, 0.1) is 11.8 Å². The molecule has 0 amide bonds. The molecule has 3 heteroatoms. The molecule has 0 bridgehead atoms. The second-order valence-corrected chi connectivity index (χ2v) is 3.63. The van der Waals surface area contributed by atoms with Crippen LogP contribution in [0.25, 0.3) is 0 Å². The number of hydrogen-bond donors (Lipinski definition) is 1. The molecular formula is C13H14O2S. The fourth-order valence-corrected chi connectivity index (χ4v) is 1.35. The standard InChI is InChI=1S/C13H14O2S/c1-15-13(14)10-12-8-3-2-6-11(12)7-4-5-9-16/h2-3,6,8,16H,5,9-10H2,1H3. The van der Waals surface area contributed by atoms with Crippen LogP contribution in [0.3, 0.4) is 0 Å². The Kier molecular flexibility index (Phi) is 5.52. The van der Waals surface area contributed by atoms with E-state index >= 15 is 0 Å². The summed E-state index contributed by atoms with van der Waals surface area (Å²) >= 11 is 4.09. The van der Waals surface area contributed by atoms with Crippen LogP contribution in [-0.2, 0) is 16.0 Å². The van der Waals surface area contributed by atoms with Crippen LogP contribution < -0.4 is 0 Å². The second kappa shape index (κ2) is 6.97.